The Morgan fingerprint density at radius 3 is 2.35 bits per heavy atom. The minimum absolute atomic E-state index is 0. The van der Waals surface area contributed by atoms with Gasteiger partial charge in [-0.1, -0.05) is 24.3 Å². The van der Waals surface area contributed by atoms with E-state index < -0.39 is 46.3 Å². The van der Waals surface area contributed by atoms with Crippen molar-refractivity contribution in [3.8, 4) is 17.0 Å². The molecule has 0 fully saturated rings. The van der Waals surface area contributed by atoms with E-state index in [2.05, 4.69) is 4.98 Å². The van der Waals surface area contributed by atoms with Crippen LogP contribution < -0.4 is 4.74 Å². The molecule has 0 saturated heterocycles. The molecule has 1 aliphatic rings. The van der Waals surface area contributed by atoms with E-state index in [1.165, 1.54) is 42.7 Å². The van der Waals surface area contributed by atoms with Crippen LogP contribution >= 0.6 is 0 Å². The molecule has 0 aliphatic carbocycles. The summed E-state index contributed by atoms with van der Waals surface area (Å²) in [7, 11) is 1.54. The van der Waals surface area contributed by atoms with Crippen molar-refractivity contribution < 1.29 is 37.1 Å². The average Bonchev–Trinajstić information content (AvgIpc) is 3.31. The van der Waals surface area contributed by atoms with E-state index in [0.717, 1.165) is 18.2 Å². The number of pyridine rings is 1. The van der Waals surface area contributed by atoms with Crippen LogP contribution in [-0.4, -0.2) is 51.5 Å². The number of methoxy groups -OCH3 is 2. The van der Waals surface area contributed by atoms with Gasteiger partial charge in [0.25, 0.3) is 5.91 Å². The maximum Gasteiger partial charge on any atom is 0.257 e. The number of amides is 1. The van der Waals surface area contributed by atoms with Gasteiger partial charge < -0.3 is 19.8 Å². The van der Waals surface area contributed by atoms with Crippen molar-refractivity contribution in [1.82, 2.24) is 9.88 Å². The van der Waals surface area contributed by atoms with Gasteiger partial charge in [0, 0.05) is 47.7 Å². The van der Waals surface area contributed by atoms with Crippen LogP contribution in [0.1, 0.15) is 17.2 Å². The highest BCUT2D eigenvalue weighted by molar-refractivity contribution is 7.88. The second-order valence-corrected chi connectivity index (χ2v) is 9.46. The summed E-state index contributed by atoms with van der Waals surface area (Å²) < 4.78 is 64.8. The molecule has 3 atom stereocenters. The molecule has 3 aromatic rings. The van der Waals surface area contributed by atoms with Crippen LogP contribution in [0.4, 0.5) is 13.2 Å². The molecule has 11 heteroatoms. The number of benzene rings is 2. The number of carbonyl (C=O) groups is 1. The lowest BCUT2D eigenvalue weighted by Crippen LogP contribution is -2.43. The third-order valence-electron chi connectivity index (χ3n) is 5.83. The lowest BCUT2D eigenvalue weighted by molar-refractivity contribution is -0.144. The van der Waals surface area contributed by atoms with Crippen molar-refractivity contribution in [2.45, 2.75) is 18.7 Å². The van der Waals surface area contributed by atoms with Gasteiger partial charge in [-0.2, -0.15) is 0 Å². The summed E-state index contributed by atoms with van der Waals surface area (Å²) in [4.78, 5) is 19.2. The largest absolute Gasteiger partial charge is 0.481 e. The zero-order chi connectivity index (χ0) is 25.8. The topological polar surface area (TPSA) is 100 Å². The Balaban J connectivity index is 0.00000380. The number of nitrogens with zero attached hydrogens (tertiary/aromatic N) is 2. The standard InChI is InChI=1S/C26H23F3N2O4S.H2O/c1-34-24-11-16(7-9-30-24)14-31(19-8-10-36(33)15-19)26(32)25(35-2)20-5-3-17(12-22(20)28)18-4-6-21(27)23(29)13-18;/h3-13,19,25H,14-15H2,1-2H3;1H2. The minimum atomic E-state index is -1.30. The van der Waals surface area contributed by atoms with Crippen molar-refractivity contribution in [3.05, 3.63) is 94.8 Å². The summed E-state index contributed by atoms with van der Waals surface area (Å²) in [6.45, 7) is 0.123. The van der Waals surface area contributed by atoms with Crippen LogP contribution in [0.5, 0.6) is 5.88 Å². The third-order valence-corrected chi connectivity index (χ3v) is 6.96. The fraction of sp³-hybridized carbons (Fsp3) is 0.231. The molecular formula is C26H25F3N2O5S. The van der Waals surface area contributed by atoms with Crippen molar-refractivity contribution in [3.63, 3.8) is 0 Å². The molecule has 0 bridgehead atoms. The van der Waals surface area contributed by atoms with Crippen molar-refractivity contribution >= 4 is 16.7 Å². The maximum absolute atomic E-state index is 15.2. The maximum atomic E-state index is 15.2. The number of rotatable bonds is 8. The van der Waals surface area contributed by atoms with Gasteiger partial charge in [-0.15, -0.1) is 0 Å². The van der Waals surface area contributed by atoms with Crippen molar-refractivity contribution in [2.75, 3.05) is 20.0 Å². The molecule has 4 rings (SSSR count). The quantitative estimate of drug-likeness (QED) is 0.439. The molecule has 1 aromatic heterocycles. The molecule has 2 N–H and O–H groups in total. The van der Waals surface area contributed by atoms with Crippen LogP contribution in [0, 0.1) is 17.5 Å². The zero-order valence-corrected chi connectivity index (χ0v) is 20.8. The Hall–Kier alpha value is -3.54. The molecule has 2 aromatic carbocycles. The predicted octanol–water partition coefficient (Wildman–Crippen LogP) is 3.71. The average molecular weight is 535 g/mol. The summed E-state index contributed by atoms with van der Waals surface area (Å²) in [6, 6.07) is 10.2. The summed E-state index contributed by atoms with van der Waals surface area (Å²) in [6.07, 6.45) is 1.93. The van der Waals surface area contributed by atoms with Gasteiger partial charge in [0.2, 0.25) is 5.88 Å². The third kappa shape index (κ3) is 6.24. The number of hydrogen-bond acceptors (Lipinski definition) is 5. The smallest absolute Gasteiger partial charge is 0.257 e. The van der Waals surface area contributed by atoms with E-state index in [9.17, 15) is 17.8 Å². The predicted molar refractivity (Wildman–Crippen MR) is 132 cm³/mol. The molecule has 196 valence electrons. The number of halogens is 3. The highest BCUT2D eigenvalue weighted by Crippen LogP contribution is 2.30. The molecule has 7 nitrogen and oxygen atoms in total. The fourth-order valence-corrected chi connectivity index (χ4v) is 5.07. The lowest BCUT2D eigenvalue weighted by Gasteiger charge is -2.31. The van der Waals surface area contributed by atoms with E-state index in [0.29, 0.717) is 17.0 Å². The first-order chi connectivity index (χ1) is 17.3. The second-order valence-electron chi connectivity index (χ2n) is 8.10. The molecule has 2 heterocycles. The fourth-order valence-electron chi connectivity index (χ4n) is 3.97. The molecular weight excluding hydrogens is 509 g/mol. The molecule has 0 saturated carbocycles. The Morgan fingerprint density at radius 1 is 1.05 bits per heavy atom. The summed E-state index contributed by atoms with van der Waals surface area (Å²) in [5.41, 5.74) is 1.29. The van der Waals surface area contributed by atoms with Gasteiger partial charge in [-0.3, -0.25) is 9.00 Å². The van der Waals surface area contributed by atoms with E-state index in [1.807, 2.05) is 0 Å². The Kier molecular flexibility index (Phi) is 9.19. The van der Waals surface area contributed by atoms with Crippen LogP contribution in [0.15, 0.2) is 66.2 Å². The number of aromatic nitrogens is 1. The number of ether oxygens (including phenoxy) is 2. The van der Waals surface area contributed by atoms with Gasteiger partial charge in [0.1, 0.15) is 5.82 Å². The van der Waals surface area contributed by atoms with Crippen LogP contribution in [0.25, 0.3) is 11.1 Å². The summed E-state index contributed by atoms with van der Waals surface area (Å²) in [5, 5.41) is 1.52. The van der Waals surface area contributed by atoms with Gasteiger partial charge in [0.05, 0.1) is 18.9 Å². The number of carbonyl (C=O) groups excluding carboxylic acids is 1. The highest BCUT2D eigenvalue weighted by atomic mass is 32.2. The molecule has 3 unspecified atom stereocenters. The first kappa shape index (κ1) is 28.0. The molecule has 1 aliphatic heterocycles. The minimum Gasteiger partial charge on any atom is -0.481 e. The van der Waals surface area contributed by atoms with E-state index >= 15 is 4.39 Å². The number of hydrogen-bond donors (Lipinski definition) is 0. The van der Waals surface area contributed by atoms with Crippen LogP contribution in [-0.2, 0) is 26.9 Å². The normalized spacial score (nSPS) is 17.2. The van der Waals surface area contributed by atoms with Gasteiger partial charge in [-0.05, 0) is 41.0 Å². The Morgan fingerprint density at radius 2 is 1.76 bits per heavy atom. The van der Waals surface area contributed by atoms with E-state index in [-0.39, 0.29) is 28.9 Å². The van der Waals surface area contributed by atoms with Crippen LogP contribution in [0.3, 0.4) is 0 Å². The Bertz CT molecular complexity index is 1340. The van der Waals surface area contributed by atoms with E-state index in [1.54, 1.807) is 24.4 Å². The SMILES string of the molecule is COc1cc(CN(C(=O)C(OC)c2ccc(-c3ccc(F)c(F)c3)cc2F)C2C=CS(=O)C2)ccn1.O. The molecule has 37 heavy (non-hydrogen) atoms. The van der Waals surface area contributed by atoms with Gasteiger partial charge in [0.15, 0.2) is 17.7 Å². The first-order valence-electron chi connectivity index (χ1n) is 10.9. The van der Waals surface area contributed by atoms with Crippen molar-refractivity contribution in [2.24, 2.45) is 0 Å². The zero-order valence-electron chi connectivity index (χ0n) is 20.0. The highest BCUT2D eigenvalue weighted by Gasteiger charge is 2.34. The first-order valence-corrected chi connectivity index (χ1v) is 12.3. The van der Waals surface area contributed by atoms with Crippen molar-refractivity contribution in [1.29, 1.82) is 0 Å². The lowest BCUT2D eigenvalue weighted by atomic mass is 9.99. The van der Waals surface area contributed by atoms with Crippen LogP contribution in [0.2, 0.25) is 0 Å². The second kappa shape index (κ2) is 12.1. The van der Waals surface area contributed by atoms with Gasteiger partial charge >= 0.3 is 0 Å². The Labute approximate surface area is 214 Å². The monoisotopic (exact) mass is 534 g/mol. The summed E-state index contributed by atoms with van der Waals surface area (Å²) in [5.74, 6) is -2.74. The van der Waals surface area contributed by atoms with Gasteiger partial charge in [-0.25, -0.2) is 18.2 Å². The molecule has 0 spiro atoms. The van der Waals surface area contributed by atoms with E-state index in [4.69, 9.17) is 9.47 Å². The molecule has 1 amide bonds. The molecule has 0 radical (unpaired) electrons. The summed E-state index contributed by atoms with van der Waals surface area (Å²) >= 11 is 0.